The minimum Gasteiger partial charge on any atom is -0.479 e. The topological polar surface area (TPSA) is 114 Å². The van der Waals surface area contributed by atoms with Gasteiger partial charge in [0.2, 0.25) is 5.91 Å². The Balaban J connectivity index is 1.38. The molecule has 2 aliphatic rings. The molecule has 170 valence electrons. The summed E-state index contributed by atoms with van der Waals surface area (Å²) in [6.45, 7) is 0.323. The first-order chi connectivity index (χ1) is 16.0. The Labute approximate surface area is 191 Å². The second-order valence-corrected chi connectivity index (χ2v) is 7.96. The predicted molar refractivity (Wildman–Crippen MR) is 119 cm³/mol. The fourth-order valence-corrected chi connectivity index (χ4v) is 4.37. The van der Waals surface area contributed by atoms with Crippen LogP contribution in [0.1, 0.15) is 29.9 Å². The molecule has 0 bridgehead atoms. The number of benzene rings is 2. The molecule has 3 N–H and O–H groups in total. The Kier molecular flexibility index (Phi) is 6.61. The number of hydrogen-bond donors (Lipinski definition) is 3. The van der Waals surface area contributed by atoms with Crippen LogP contribution in [0.2, 0.25) is 0 Å². The fraction of sp³-hybridized carbons (Fsp3) is 0.320. The average molecular weight is 448 g/mol. The van der Waals surface area contributed by atoms with Crippen LogP contribution in [0.3, 0.4) is 0 Å². The van der Waals surface area contributed by atoms with E-state index in [2.05, 4.69) is 16.6 Å². The number of carbonyl (C=O) groups is 3. The number of carboxylic acids is 1. The Hall–Kier alpha value is -3.83. The number of hydrogen-bond acceptors (Lipinski definition) is 5. The average Bonchev–Trinajstić information content (AvgIpc) is 3.40. The summed E-state index contributed by atoms with van der Waals surface area (Å²) in [5, 5.41) is 14.3. The third-order valence-corrected chi connectivity index (χ3v) is 5.94. The van der Waals surface area contributed by atoms with Gasteiger partial charge in [-0.15, -0.1) is 12.3 Å². The van der Waals surface area contributed by atoms with Gasteiger partial charge in [0.1, 0.15) is 12.6 Å². The summed E-state index contributed by atoms with van der Waals surface area (Å²) >= 11 is 0. The lowest BCUT2D eigenvalue weighted by Gasteiger charge is -2.21. The number of carbonyl (C=O) groups excluding carboxylic acids is 2. The molecule has 8 nitrogen and oxygen atoms in total. The normalized spacial score (nSPS) is 19.6. The molecule has 1 saturated heterocycles. The first kappa shape index (κ1) is 22.4. The van der Waals surface area contributed by atoms with Crippen LogP contribution >= 0.6 is 0 Å². The quantitative estimate of drug-likeness (QED) is 0.560. The summed E-state index contributed by atoms with van der Waals surface area (Å²) in [7, 11) is 0. The van der Waals surface area contributed by atoms with Crippen molar-refractivity contribution < 1.29 is 29.0 Å². The molecular formula is C25H24N2O6. The molecule has 4 rings (SSSR count). The molecule has 0 aromatic heterocycles. The number of amides is 2. The molecule has 0 saturated carbocycles. The molecule has 8 heteroatoms. The van der Waals surface area contributed by atoms with Crippen LogP contribution in [0.4, 0.5) is 4.79 Å². The molecule has 2 aromatic rings. The summed E-state index contributed by atoms with van der Waals surface area (Å²) in [6.07, 6.45) is 3.75. The molecule has 2 amide bonds. The van der Waals surface area contributed by atoms with E-state index < -0.39 is 36.2 Å². The molecule has 1 heterocycles. The fourth-order valence-electron chi connectivity index (χ4n) is 4.37. The molecule has 3 atom stereocenters. The molecule has 0 radical (unpaired) electrons. The van der Waals surface area contributed by atoms with Gasteiger partial charge in [0, 0.05) is 18.9 Å². The van der Waals surface area contributed by atoms with Gasteiger partial charge in [-0.05, 0) is 28.7 Å². The van der Waals surface area contributed by atoms with Crippen molar-refractivity contribution in [3.8, 4) is 23.5 Å². The highest BCUT2D eigenvalue weighted by Gasteiger charge is 2.37. The van der Waals surface area contributed by atoms with Crippen molar-refractivity contribution in [2.75, 3.05) is 13.2 Å². The molecule has 3 unspecified atom stereocenters. The first-order valence-electron chi connectivity index (χ1n) is 10.7. The second-order valence-electron chi connectivity index (χ2n) is 7.96. The lowest BCUT2D eigenvalue weighted by Crippen LogP contribution is -2.52. The van der Waals surface area contributed by atoms with Gasteiger partial charge in [-0.3, -0.25) is 4.79 Å². The summed E-state index contributed by atoms with van der Waals surface area (Å²) < 4.78 is 10.6. The number of ether oxygens (including phenoxy) is 2. The maximum absolute atomic E-state index is 12.7. The van der Waals surface area contributed by atoms with Crippen molar-refractivity contribution in [3.05, 3.63) is 59.7 Å². The SMILES string of the molecule is C#CCC(NC(=O)OCC1c2ccccc2-c2ccccc21)C(=O)NC1CCOC1C(=O)O. The zero-order chi connectivity index (χ0) is 23.4. The van der Waals surface area contributed by atoms with Gasteiger partial charge in [-0.1, -0.05) is 48.5 Å². The van der Waals surface area contributed by atoms with Gasteiger partial charge in [-0.2, -0.15) is 0 Å². The Bertz CT molecular complexity index is 1060. The van der Waals surface area contributed by atoms with Crippen molar-refractivity contribution in [2.45, 2.75) is 36.9 Å². The van der Waals surface area contributed by atoms with Crippen LogP contribution in [-0.4, -0.2) is 54.5 Å². The molecular weight excluding hydrogens is 424 g/mol. The Morgan fingerprint density at radius 1 is 1.12 bits per heavy atom. The van der Waals surface area contributed by atoms with Crippen LogP contribution < -0.4 is 10.6 Å². The van der Waals surface area contributed by atoms with Gasteiger partial charge < -0.3 is 25.2 Å². The number of carboxylic acid groups (broad SMARTS) is 1. The lowest BCUT2D eigenvalue weighted by atomic mass is 9.98. The highest BCUT2D eigenvalue weighted by atomic mass is 16.5. The second kappa shape index (κ2) is 9.76. The summed E-state index contributed by atoms with van der Waals surface area (Å²) in [4.78, 5) is 36.4. The van der Waals surface area contributed by atoms with Crippen molar-refractivity contribution in [1.82, 2.24) is 10.6 Å². The van der Waals surface area contributed by atoms with E-state index >= 15 is 0 Å². The van der Waals surface area contributed by atoms with Gasteiger partial charge in [0.25, 0.3) is 0 Å². The lowest BCUT2D eigenvalue weighted by molar-refractivity contribution is -0.148. The van der Waals surface area contributed by atoms with Gasteiger partial charge in [-0.25, -0.2) is 9.59 Å². The van der Waals surface area contributed by atoms with Crippen molar-refractivity contribution in [3.63, 3.8) is 0 Å². The van der Waals surface area contributed by atoms with E-state index in [1.165, 1.54) is 0 Å². The van der Waals surface area contributed by atoms with Crippen molar-refractivity contribution in [1.29, 1.82) is 0 Å². The van der Waals surface area contributed by atoms with E-state index in [0.717, 1.165) is 22.3 Å². The summed E-state index contributed by atoms with van der Waals surface area (Å²) in [5.74, 6) is 0.505. The van der Waals surface area contributed by atoms with E-state index in [-0.39, 0.29) is 25.6 Å². The van der Waals surface area contributed by atoms with E-state index in [4.69, 9.17) is 15.9 Å². The van der Waals surface area contributed by atoms with Crippen molar-refractivity contribution in [2.24, 2.45) is 0 Å². The smallest absolute Gasteiger partial charge is 0.407 e. The van der Waals surface area contributed by atoms with E-state index in [1.807, 2.05) is 48.5 Å². The Morgan fingerprint density at radius 3 is 2.36 bits per heavy atom. The Morgan fingerprint density at radius 2 is 1.76 bits per heavy atom. The number of fused-ring (bicyclic) bond motifs is 3. The predicted octanol–water partition coefficient (Wildman–Crippen LogP) is 2.28. The van der Waals surface area contributed by atoms with Gasteiger partial charge >= 0.3 is 12.1 Å². The minimum atomic E-state index is -1.16. The first-order valence-corrected chi connectivity index (χ1v) is 10.7. The maximum atomic E-state index is 12.7. The molecule has 0 spiro atoms. The van der Waals surface area contributed by atoms with Crippen LogP contribution in [0.25, 0.3) is 11.1 Å². The summed E-state index contributed by atoms with van der Waals surface area (Å²) in [6, 6.07) is 14.2. The van der Waals surface area contributed by atoms with Crippen molar-refractivity contribution >= 4 is 18.0 Å². The largest absolute Gasteiger partial charge is 0.479 e. The van der Waals surface area contributed by atoms with Crippen LogP contribution in [0, 0.1) is 12.3 Å². The summed E-state index contributed by atoms with van der Waals surface area (Å²) in [5.41, 5.74) is 4.37. The standard InChI is InChI=1S/C25H24N2O6/c1-2-7-21(23(28)26-20-12-13-32-22(20)24(29)30)27-25(31)33-14-19-17-10-5-3-8-15(17)16-9-4-6-11-18(16)19/h1,3-6,8-11,19-22H,7,12-14H2,(H,26,28)(H,27,31)(H,29,30). The zero-order valence-electron chi connectivity index (χ0n) is 17.8. The molecule has 1 fully saturated rings. The number of alkyl carbamates (subject to hydrolysis) is 1. The highest BCUT2D eigenvalue weighted by molar-refractivity contribution is 5.87. The van der Waals surface area contributed by atoms with E-state index in [1.54, 1.807) is 0 Å². The molecule has 33 heavy (non-hydrogen) atoms. The third-order valence-electron chi connectivity index (χ3n) is 5.94. The molecule has 1 aliphatic heterocycles. The zero-order valence-corrected chi connectivity index (χ0v) is 17.8. The van der Waals surface area contributed by atoms with E-state index in [0.29, 0.717) is 6.42 Å². The van der Waals surface area contributed by atoms with Crippen LogP contribution in [0.15, 0.2) is 48.5 Å². The molecule has 1 aliphatic carbocycles. The monoisotopic (exact) mass is 448 g/mol. The number of terminal acetylenes is 1. The minimum absolute atomic E-state index is 0.0681. The number of aliphatic carboxylic acids is 1. The van der Waals surface area contributed by atoms with Gasteiger partial charge in [0.05, 0.1) is 6.04 Å². The van der Waals surface area contributed by atoms with E-state index in [9.17, 15) is 19.5 Å². The highest BCUT2D eigenvalue weighted by Crippen LogP contribution is 2.44. The van der Waals surface area contributed by atoms with Gasteiger partial charge in [0.15, 0.2) is 6.10 Å². The third kappa shape index (κ3) is 4.69. The van der Waals surface area contributed by atoms with Crippen LogP contribution in [-0.2, 0) is 19.1 Å². The molecule has 2 aromatic carbocycles. The van der Waals surface area contributed by atoms with Crippen LogP contribution in [0.5, 0.6) is 0 Å². The number of nitrogens with one attached hydrogen (secondary N) is 2. The maximum Gasteiger partial charge on any atom is 0.407 e. The number of rotatable bonds is 7.